The van der Waals surface area contributed by atoms with Gasteiger partial charge >= 0.3 is 5.97 Å². The number of hydrogen-bond acceptors (Lipinski definition) is 5. The molecule has 0 radical (unpaired) electrons. The molecule has 3 aromatic rings. The summed E-state index contributed by atoms with van der Waals surface area (Å²) in [5.74, 6) is -0.386. The molecular formula is C21H23N3O4. The first-order chi connectivity index (χ1) is 13.7. The van der Waals surface area contributed by atoms with Crippen LogP contribution in [0.2, 0.25) is 0 Å². The van der Waals surface area contributed by atoms with Gasteiger partial charge in [0, 0.05) is 12.4 Å². The molecule has 0 fully saturated rings. The second-order valence-corrected chi connectivity index (χ2v) is 6.37. The van der Waals surface area contributed by atoms with E-state index in [1.807, 2.05) is 30.3 Å². The smallest absolute Gasteiger partial charge is 0.374 e. The number of nitrogens with one attached hydrogen (secondary N) is 1. The number of rotatable bonds is 9. The van der Waals surface area contributed by atoms with Crippen LogP contribution in [0, 0.1) is 0 Å². The number of aromatic nitrogens is 2. The maximum Gasteiger partial charge on any atom is 0.374 e. The maximum absolute atomic E-state index is 12.2. The number of carbonyl (C=O) groups is 2. The summed E-state index contributed by atoms with van der Waals surface area (Å²) in [6, 6.07) is 14.6. The Labute approximate surface area is 163 Å². The number of esters is 1. The minimum Gasteiger partial charge on any atom is -0.452 e. The van der Waals surface area contributed by atoms with Crippen LogP contribution in [0.15, 0.2) is 65.3 Å². The monoisotopic (exact) mass is 381 g/mol. The van der Waals surface area contributed by atoms with Gasteiger partial charge in [0.05, 0.1) is 12.6 Å². The summed E-state index contributed by atoms with van der Waals surface area (Å²) in [5, 5.41) is 7.00. The number of carbonyl (C=O) groups excluding carboxylic acids is 2. The van der Waals surface area contributed by atoms with Crippen LogP contribution in [0.25, 0.3) is 0 Å². The molecule has 0 bridgehead atoms. The average Bonchev–Trinajstić information content (AvgIpc) is 3.39. The van der Waals surface area contributed by atoms with Crippen molar-refractivity contribution in [3.05, 3.63) is 78.0 Å². The van der Waals surface area contributed by atoms with E-state index in [0.29, 0.717) is 12.3 Å². The van der Waals surface area contributed by atoms with E-state index in [-0.39, 0.29) is 24.3 Å². The molecule has 2 heterocycles. The second-order valence-electron chi connectivity index (χ2n) is 6.37. The third-order valence-corrected chi connectivity index (χ3v) is 4.19. The molecule has 1 unspecified atom stereocenters. The lowest BCUT2D eigenvalue weighted by Crippen LogP contribution is -2.32. The van der Waals surface area contributed by atoms with Crippen LogP contribution < -0.4 is 5.32 Å². The summed E-state index contributed by atoms with van der Waals surface area (Å²) in [6.07, 6.45) is 5.19. The fourth-order valence-corrected chi connectivity index (χ4v) is 2.86. The summed E-state index contributed by atoms with van der Waals surface area (Å²) in [4.78, 5) is 24.4. The fourth-order valence-electron chi connectivity index (χ4n) is 2.86. The molecule has 7 nitrogen and oxygen atoms in total. The van der Waals surface area contributed by atoms with Crippen LogP contribution >= 0.6 is 0 Å². The van der Waals surface area contributed by atoms with Crippen LogP contribution in [-0.4, -0.2) is 28.3 Å². The minimum absolute atomic E-state index is 0.0584. The number of nitrogens with zero attached hydrogens (tertiary/aromatic N) is 2. The first-order valence-electron chi connectivity index (χ1n) is 9.23. The Morgan fingerprint density at radius 2 is 2.00 bits per heavy atom. The zero-order valence-electron chi connectivity index (χ0n) is 15.7. The predicted molar refractivity (Wildman–Crippen MR) is 103 cm³/mol. The Hall–Kier alpha value is -3.35. The highest BCUT2D eigenvalue weighted by atomic mass is 16.5. The molecule has 1 amide bonds. The number of benzene rings is 1. The molecule has 0 spiro atoms. The zero-order valence-corrected chi connectivity index (χ0v) is 15.7. The summed E-state index contributed by atoms with van der Waals surface area (Å²) in [5.41, 5.74) is 1.03. The molecule has 7 heteroatoms. The lowest BCUT2D eigenvalue weighted by molar-refractivity contribution is -0.125. The largest absolute Gasteiger partial charge is 0.452 e. The van der Waals surface area contributed by atoms with E-state index >= 15 is 0 Å². The predicted octanol–water partition coefficient (Wildman–Crippen LogP) is 3.34. The van der Waals surface area contributed by atoms with Crippen LogP contribution in [0.5, 0.6) is 0 Å². The van der Waals surface area contributed by atoms with Crippen molar-refractivity contribution in [2.45, 2.75) is 32.4 Å². The molecule has 1 N–H and O–H groups in total. The molecule has 2 aromatic heterocycles. The van der Waals surface area contributed by atoms with E-state index < -0.39 is 5.97 Å². The molecule has 0 saturated carbocycles. The summed E-state index contributed by atoms with van der Waals surface area (Å²) < 4.78 is 12.2. The quantitative estimate of drug-likeness (QED) is 0.575. The van der Waals surface area contributed by atoms with E-state index in [0.717, 1.165) is 18.4 Å². The lowest BCUT2D eigenvalue weighted by atomic mass is 10.0. The number of hydrogen-bond donors (Lipinski definition) is 1. The number of ether oxygens (including phenoxy) is 1. The Morgan fingerprint density at radius 1 is 1.18 bits per heavy atom. The zero-order chi connectivity index (χ0) is 19.8. The van der Waals surface area contributed by atoms with Crippen molar-refractivity contribution in [1.82, 2.24) is 15.1 Å². The van der Waals surface area contributed by atoms with Crippen molar-refractivity contribution < 1.29 is 18.7 Å². The lowest BCUT2D eigenvalue weighted by Gasteiger charge is -2.18. The molecule has 0 saturated heterocycles. The molecule has 28 heavy (non-hydrogen) atoms. The van der Waals surface area contributed by atoms with E-state index in [1.54, 1.807) is 29.2 Å². The van der Waals surface area contributed by atoms with Crippen molar-refractivity contribution in [2.75, 3.05) is 6.61 Å². The highest BCUT2D eigenvalue weighted by Gasteiger charge is 2.17. The van der Waals surface area contributed by atoms with Crippen molar-refractivity contribution in [2.24, 2.45) is 0 Å². The van der Waals surface area contributed by atoms with Crippen molar-refractivity contribution in [3.8, 4) is 0 Å². The van der Waals surface area contributed by atoms with Gasteiger partial charge in [0.25, 0.3) is 5.91 Å². The minimum atomic E-state index is -0.673. The van der Waals surface area contributed by atoms with Gasteiger partial charge in [-0.2, -0.15) is 5.10 Å². The van der Waals surface area contributed by atoms with Gasteiger partial charge in [-0.15, -0.1) is 0 Å². The maximum atomic E-state index is 12.2. The Kier molecular flexibility index (Phi) is 6.62. The molecule has 3 rings (SSSR count). The van der Waals surface area contributed by atoms with Crippen molar-refractivity contribution in [3.63, 3.8) is 0 Å². The van der Waals surface area contributed by atoms with Crippen molar-refractivity contribution >= 4 is 11.9 Å². The highest BCUT2D eigenvalue weighted by Crippen LogP contribution is 2.18. The van der Waals surface area contributed by atoms with E-state index in [2.05, 4.69) is 17.3 Å². The molecule has 1 atom stereocenters. The van der Waals surface area contributed by atoms with Gasteiger partial charge in [0.2, 0.25) is 5.76 Å². The molecular weight excluding hydrogens is 358 g/mol. The van der Waals surface area contributed by atoms with Crippen LogP contribution in [0.4, 0.5) is 0 Å². The van der Waals surface area contributed by atoms with Gasteiger partial charge in [-0.25, -0.2) is 4.79 Å². The SMILES string of the molecule is CCCC(NC(=O)COC(=O)c1ccc(Cn2cccn2)o1)c1ccccc1. The third-order valence-electron chi connectivity index (χ3n) is 4.19. The fraction of sp³-hybridized carbons (Fsp3) is 0.286. The van der Waals surface area contributed by atoms with Crippen LogP contribution in [0.3, 0.4) is 0 Å². The topological polar surface area (TPSA) is 86.4 Å². The van der Waals surface area contributed by atoms with Gasteiger partial charge in [-0.3, -0.25) is 9.48 Å². The summed E-state index contributed by atoms with van der Waals surface area (Å²) in [6.45, 7) is 2.11. The van der Waals surface area contributed by atoms with Gasteiger partial charge in [0.1, 0.15) is 5.76 Å². The first-order valence-corrected chi connectivity index (χ1v) is 9.23. The number of furan rings is 1. The highest BCUT2D eigenvalue weighted by molar-refractivity contribution is 5.88. The van der Waals surface area contributed by atoms with E-state index in [1.165, 1.54) is 6.07 Å². The molecule has 0 aliphatic rings. The van der Waals surface area contributed by atoms with Gasteiger partial charge < -0.3 is 14.5 Å². The van der Waals surface area contributed by atoms with Gasteiger partial charge in [-0.1, -0.05) is 43.7 Å². The molecule has 146 valence electrons. The number of amides is 1. The summed E-state index contributed by atoms with van der Waals surface area (Å²) >= 11 is 0. The summed E-state index contributed by atoms with van der Waals surface area (Å²) in [7, 11) is 0. The normalized spacial score (nSPS) is 11.8. The average molecular weight is 381 g/mol. The Balaban J connectivity index is 1.51. The molecule has 0 aliphatic carbocycles. The van der Waals surface area contributed by atoms with E-state index in [4.69, 9.17) is 9.15 Å². The Bertz CT molecular complexity index is 888. The van der Waals surface area contributed by atoms with Crippen molar-refractivity contribution in [1.29, 1.82) is 0 Å². The van der Waals surface area contributed by atoms with Gasteiger partial charge in [-0.05, 0) is 30.2 Å². The first kappa shape index (κ1) is 19.4. The Morgan fingerprint density at radius 3 is 2.71 bits per heavy atom. The molecule has 1 aromatic carbocycles. The van der Waals surface area contributed by atoms with Gasteiger partial charge in [0.15, 0.2) is 6.61 Å². The standard InChI is InChI=1S/C21H23N3O4/c1-2-7-18(16-8-4-3-5-9-16)23-20(25)15-27-21(26)19-11-10-17(28-19)14-24-13-6-12-22-24/h3-6,8-13,18H,2,7,14-15H2,1H3,(H,23,25). The third kappa shape index (κ3) is 5.33. The molecule has 0 aliphatic heterocycles. The van der Waals surface area contributed by atoms with E-state index in [9.17, 15) is 9.59 Å². The van der Waals surface area contributed by atoms with Crippen LogP contribution in [0.1, 0.15) is 47.7 Å². The second kappa shape index (κ2) is 9.55. The van der Waals surface area contributed by atoms with Crippen LogP contribution in [-0.2, 0) is 16.1 Å².